The van der Waals surface area contributed by atoms with Gasteiger partial charge in [-0.2, -0.15) is 0 Å². The summed E-state index contributed by atoms with van der Waals surface area (Å²) < 4.78 is 0. The first-order chi connectivity index (χ1) is 11.8. The van der Waals surface area contributed by atoms with Crippen molar-refractivity contribution in [2.24, 2.45) is 0 Å². The highest BCUT2D eigenvalue weighted by molar-refractivity contribution is 5.41. The number of hydrogen-bond acceptors (Lipinski definition) is 0. The van der Waals surface area contributed by atoms with E-state index in [1.807, 2.05) is 0 Å². The molecule has 0 radical (unpaired) electrons. The lowest BCUT2D eigenvalue weighted by atomic mass is 9.96. The molecule has 0 spiro atoms. The van der Waals surface area contributed by atoms with Gasteiger partial charge in [-0.15, -0.1) is 0 Å². The van der Waals surface area contributed by atoms with Gasteiger partial charge in [0.1, 0.15) is 0 Å². The Kier molecular flexibility index (Phi) is 13.3. The van der Waals surface area contributed by atoms with Crippen molar-refractivity contribution in [1.29, 1.82) is 0 Å². The summed E-state index contributed by atoms with van der Waals surface area (Å²) in [5.41, 5.74) is 5.12. The fraction of sp³-hybridized carbons (Fsp3) is 0.833. The van der Waals surface area contributed by atoms with Gasteiger partial charge in [-0.1, -0.05) is 108 Å². The van der Waals surface area contributed by atoms with E-state index in [2.05, 4.69) is 26.8 Å². The van der Waals surface area contributed by atoms with Gasteiger partial charge in [0.2, 0.25) is 0 Å². The van der Waals surface area contributed by atoms with E-state index in [0.717, 1.165) is 0 Å². The number of allylic oxidation sites excluding steroid dienone is 4. The van der Waals surface area contributed by atoms with Crippen LogP contribution in [0.15, 0.2) is 22.8 Å². The largest absolute Gasteiger partial charge is 0.0772 e. The average Bonchev–Trinajstić information content (AvgIpc) is 2.93. The molecule has 24 heavy (non-hydrogen) atoms. The van der Waals surface area contributed by atoms with Crippen molar-refractivity contribution < 1.29 is 0 Å². The predicted molar refractivity (Wildman–Crippen MR) is 111 cm³/mol. The molecule has 0 nitrogen and oxygen atoms in total. The topological polar surface area (TPSA) is 0 Å². The quantitative estimate of drug-likeness (QED) is 0.247. The van der Waals surface area contributed by atoms with Gasteiger partial charge >= 0.3 is 0 Å². The van der Waals surface area contributed by atoms with Gasteiger partial charge in [-0.25, -0.2) is 0 Å². The zero-order valence-electron chi connectivity index (χ0n) is 17.1. The Morgan fingerprint density at radius 3 is 1.62 bits per heavy atom. The van der Waals surface area contributed by atoms with Crippen LogP contribution in [0.2, 0.25) is 0 Å². The lowest BCUT2D eigenvalue weighted by molar-refractivity contribution is 0.573. The summed E-state index contributed by atoms with van der Waals surface area (Å²) in [4.78, 5) is 0. The fourth-order valence-corrected chi connectivity index (χ4v) is 3.98. The summed E-state index contributed by atoms with van der Waals surface area (Å²) in [6.45, 7) is 6.94. The second kappa shape index (κ2) is 14.8. The van der Waals surface area contributed by atoms with Crippen LogP contribution in [0.5, 0.6) is 0 Å². The van der Waals surface area contributed by atoms with Gasteiger partial charge in [0.05, 0.1) is 0 Å². The molecule has 1 aliphatic rings. The van der Waals surface area contributed by atoms with Crippen molar-refractivity contribution in [3.63, 3.8) is 0 Å². The lowest BCUT2D eigenvalue weighted by Crippen LogP contribution is -1.91. The first-order valence-electron chi connectivity index (χ1n) is 11.2. The fourth-order valence-electron chi connectivity index (χ4n) is 3.98. The van der Waals surface area contributed by atoms with Crippen LogP contribution in [-0.4, -0.2) is 0 Å². The maximum absolute atomic E-state index is 2.48. The summed E-state index contributed by atoms with van der Waals surface area (Å²) in [5, 5.41) is 0. The second-order valence-corrected chi connectivity index (χ2v) is 7.92. The van der Waals surface area contributed by atoms with Crippen molar-refractivity contribution in [1.82, 2.24) is 0 Å². The van der Waals surface area contributed by atoms with Gasteiger partial charge < -0.3 is 0 Å². The Bertz CT molecular complexity index is 358. The molecule has 0 heterocycles. The minimum Gasteiger partial charge on any atom is -0.0772 e. The van der Waals surface area contributed by atoms with E-state index < -0.39 is 0 Å². The van der Waals surface area contributed by atoms with Crippen molar-refractivity contribution in [2.75, 3.05) is 0 Å². The first-order valence-corrected chi connectivity index (χ1v) is 11.2. The Hall–Kier alpha value is -0.520. The molecule has 0 aromatic carbocycles. The van der Waals surface area contributed by atoms with Crippen molar-refractivity contribution in [3.05, 3.63) is 22.8 Å². The Labute approximate surface area is 153 Å². The van der Waals surface area contributed by atoms with Crippen LogP contribution < -0.4 is 0 Å². The van der Waals surface area contributed by atoms with Crippen molar-refractivity contribution in [2.45, 2.75) is 130 Å². The molecule has 0 heteroatoms. The molecule has 0 unspecified atom stereocenters. The Balaban J connectivity index is 2.13. The summed E-state index contributed by atoms with van der Waals surface area (Å²) >= 11 is 0. The van der Waals surface area contributed by atoms with E-state index in [0.29, 0.717) is 0 Å². The summed E-state index contributed by atoms with van der Waals surface area (Å²) in [6.07, 6.45) is 26.4. The third-order valence-corrected chi connectivity index (χ3v) is 5.67. The highest BCUT2D eigenvalue weighted by atomic mass is 14.2. The van der Waals surface area contributed by atoms with Gasteiger partial charge in [-0.3, -0.25) is 0 Å². The summed E-state index contributed by atoms with van der Waals surface area (Å²) in [5.74, 6) is 0. The standard InChI is InChI=1S/C24H44/c1-4-6-8-10-12-13-14-16-18-23-21-20-22(3)24(23)19-17-15-11-9-7-5-2/h20H,4-19,21H2,1-3H3. The van der Waals surface area contributed by atoms with Crippen LogP contribution in [0.4, 0.5) is 0 Å². The molecule has 0 saturated heterocycles. The summed E-state index contributed by atoms with van der Waals surface area (Å²) in [7, 11) is 0. The van der Waals surface area contributed by atoms with Gasteiger partial charge in [-0.05, 0) is 44.6 Å². The molecular formula is C24H44. The Morgan fingerprint density at radius 2 is 1.08 bits per heavy atom. The van der Waals surface area contributed by atoms with Gasteiger partial charge in [0.15, 0.2) is 0 Å². The molecule has 0 aliphatic heterocycles. The molecule has 0 N–H and O–H groups in total. The van der Waals surface area contributed by atoms with Crippen molar-refractivity contribution in [3.8, 4) is 0 Å². The molecule has 0 amide bonds. The predicted octanol–water partition coefficient (Wildman–Crippen LogP) is 8.91. The maximum atomic E-state index is 2.48. The van der Waals surface area contributed by atoms with Gasteiger partial charge in [0, 0.05) is 0 Å². The highest BCUT2D eigenvalue weighted by Gasteiger charge is 2.13. The maximum Gasteiger partial charge on any atom is -0.0127 e. The monoisotopic (exact) mass is 332 g/mol. The van der Waals surface area contributed by atoms with E-state index >= 15 is 0 Å². The lowest BCUT2D eigenvalue weighted by Gasteiger charge is -2.10. The van der Waals surface area contributed by atoms with E-state index in [4.69, 9.17) is 0 Å². The molecule has 0 saturated carbocycles. The SMILES string of the molecule is CCCCCCCCCCC1=C(CCCCCCCC)C(C)=CC1. The third-order valence-electron chi connectivity index (χ3n) is 5.67. The van der Waals surface area contributed by atoms with E-state index in [1.54, 1.807) is 16.7 Å². The van der Waals surface area contributed by atoms with Crippen LogP contribution in [0, 0.1) is 0 Å². The molecule has 1 aliphatic carbocycles. The number of unbranched alkanes of at least 4 members (excludes halogenated alkanes) is 12. The molecule has 0 aromatic heterocycles. The molecule has 140 valence electrons. The van der Waals surface area contributed by atoms with Crippen LogP contribution in [0.1, 0.15) is 130 Å². The van der Waals surface area contributed by atoms with Crippen LogP contribution in [-0.2, 0) is 0 Å². The number of rotatable bonds is 16. The zero-order valence-corrected chi connectivity index (χ0v) is 17.1. The van der Waals surface area contributed by atoms with Gasteiger partial charge in [0.25, 0.3) is 0 Å². The minimum absolute atomic E-state index is 1.26. The van der Waals surface area contributed by atoms with E-state index in [1.165, 1.54) is 109 Å². The third kappa shape index (κ3) is 9.70. The van der Waals surface area contributed by atoms with E-state index in [-0.39, 0.29) is 0 Å². The molecule has 0 atom stereocenters. The molecule has 0 bridgehead atoms. The molecular weight excluding hydrogens is 288 g/mol. The smallest absolute Gasteiger partial charge is 0.0127 e. The van der Waals surface area contributed by atoms with E-state index in [9.17, 15) is 0 Å². The molecule has 0 fully saturated rings. The first kappa shape index (κ1) is 21.5. The molecule has 1 rings (SSSR count). The Morgan fingerprint density at radius 1 is 0.625 bits per heavy atom. The second-order valence-electron chi connectivity index (χ2n) is 7.92. The zero-order chi connectivity index (χ0) is 17.5. The van der Waals surface area contributed by atoms with Crippen LogP contribution >= 0.6 is 0 Å². The number of hydrogen-bond donors (Lipinski definition) is 0. The summed E-state index contributed by atoms with van der Waals surface area (Å²) in [6, 6.07) is 0. The minimum atomic E-state index is 1.26. The normalized spacial score (nSPS) is 14.5. The van der Waals surface area contributed by atoms with Crippen LogP contribution in [0.25, 0.3) is 0 Å². The highest BCUT2D eigenvalue weighted by Crippen LogP contribution is 2.33. The average molecular weight is 333 g/mol. The van der Waals surface area contributed by atoms with Crippen molar-refractivity contribution >= 4 is 0 Å². The molecule has 0 aromatic rings. The van der Waals surface area contributed by atoms with Crippen LogP contribution in [0.3, 0.4) is 0 Å².